The number of alkyl halides is 3. The number of nitrogens with zero attached hydrogens (tertiary/aromatic N) is 7. The lowest BCUT2D eigenvalue weighted by Gasteiger charge is -2.07. The maximum Gasteiger partial charge on any atom is 0.433 e. The van der Waals surface area contributed by atoms with E-state index in [0.29, 0.717) is 28.5 Å². The summed E-state index contributed by atoms with van der Waals surface area (Å²) in [7, 11) is 0.263. The first kappa shape index (κ1) is 20.9. The Morgan fingerprint density at radius 2 is 2.03 bits per heavy atom. The molecule has 4 aromatic heterocycles. The number of halogens is 3. The van der Waals surface area contributed by atoms with Crippen molar-refractivity contribution in [3.05, 3.63) is 35.9 Å². The summed E-state index contributed by atoms with van der Waals surface area (Å²) >= 11 is 0. The fourth-order valence-corrected chi connectivity index (χ4v) is 5.29. The van der Waals surface area contributed by atoms with Crippen molar-refractivity contribution in [1.82, 2.24) is 29.1 Å². The molecule has 4 heterocycles. The molecule has 0 saturated heterocycles. The van der Waals surface area contributed by atoms with Gasteiger partial charge in [-0.15, -0.1) is 0 Å². The summed E-state index contributed by atoms with van der Waals surface area (Å²) in [6.45, 7) is 1.76. The maximum absolute atomic E-state index is 13.6. The highest BCUT2D eigenvalue weighted by molar-refractivity contribution is 7.93. The molecule has 12 heteroatoms. The largest absolute Gasteiger partial charge is 0.433 e. The van der Waals surface area contributed by atoms with Crippen molar-refractivity contribution in [2.75, 3.05) is 12.8 Å². The number of hydrogen-bond acceptors (Lipinski definition) is 6. The predicted molar refractivity (Wildman–Crippen MR) is 113 cm³/mol. The Hall–Kier alpha value is -3.02. The molecule has 0 aliphatic heterocycles. The van der Waals surface area contributed by atoms with Gasteiger partial charge in [0, 0.05) is 37.7 Å². The predicted octanol–water partition coefficient (Wildman–Crippen LogP) is 4.05. The van der Waals surface area contributed by atoms with Gasteiger partial charge in [-0.3, -0.25) is 0 Å². The summed E-state index contributed by atoms with van der Waals surface area (Å²) in [4.78, 5) is 12.5. The second kappa shape index (κ2) is 6.99. The maximum atomic E-state index is 13.6. The van der Waals surface area contributed by atoms with E-state index in [0.717, 1.165) is 30.8 Å². The van der Waals surface area contributed by atoms with Crippen LogP contribution in [-0.4, -0.2) is 46.1 Å². The summed E-state index contributed by atoms with van der Waals surface area (Å²) in [5.41, 5.74) is 1.34. The Balaban J connectivity index is 1.86. The molecule has 1 atom stereocenters. The Morgan fingerprint density at radius 1 is 1.28 bits per heavy atom. The number of fused-ring (bicyclic) bond motifs is 2. The van der Waals surface area contributed by atoms with Crippen molar-refractivity contribution in [3.8, 4) is 11.4 Å². The molecule has 1 unspecified atom stereocenters. The zero-order valence-electron chi connectivity index (χ0n) is 17.6. The van der Waals surface area contributed by atoms with Crippen molar-refractivity contribution in [2.24, 2.45) is 11.4 Å². The Labute approximate surface area is 181 Å². The summed E-state index contributed by atoms with van der Waals surface area (Å²) < 4.78 is 60.6. The molecular formula is C20H20F3N7OS. The topological polar surface area (TPSA) is 90.3 Å². The zero-order chi connectivity index (χ0) is 22.8. The molecule has 0 amide bonds. The van der Waals surface area contributed by atoms with Crippen LogP contribution in [0.5, 0.6) is 0 Å². The molecule has 5 rings (SSSR count). The quantitative estimate of drug-likeness (QED) is 0.455. The lowest BCUT2D eigenvalue weighted by molar-refractivity contribution is -0.141. The van der Waals surface area contributed by atoms with Crippen LogP contribution in [0.4, 0.5) is 13.2 Å². The lowest BCUT2D eigenvalue weighted by atomic mass is 10.2. The Morgan fingerprint density at radius 3 is 2.66 bits per heavy atom. The highest BCUT2D eigenvalue weighted by Crippen LogP contribution is 2.42. The third-order valence-electron chi connectivity index (χ3n) is 5.78. The van der Waals surface area contributed by atoms with Crippen LogP contribution in [-0.2, 0) is 23.0 Å². The highest BCUT2D eigenvalue weighted by atomic mass is 32.2. The molecule has 1 aliphatic rings. The van der Waals surface area contributed by atoms with Gasteiger partial charge in [0.1, 0.15) is 11.5 Å². The molecule has 8 nitrogen and oxygen atoms in total. The first-order valence-corrected chi connectivity index (χ1v) is 11.8. The van der Waals surface area contributed by atoms with Crippen LogP contribution in [0.3, 0.4) is 0 Å². The van der Waals surface area contributed by atoms with Crippen molar-refractivity contribution >= 4 is 26.4 Å². The number of imidazole rings is 1. The zero-order valence-corrected chi connectivity index (χ0v) is 18.4. The van der Waals surface area contributed by atoms with Gasteiger partial charge in [0.05, 0.1) is 32.5 Å². The molecule has 32 heavy (non-hydrogen) atoms. The molecule has 0 bridgehead atoms. The third kappa shape index (κ3) is 3.07. The molecule has 0 spiro atoms. The average Bonchev–Trinajstić information content (AvgIpc) is 3.47. The van der Waals surface area contributed by atoms with Crippen LogP contribution in [0.1, 0.15) is 37.1 Å². The number of pyridine rings is 1. The van der Waals surface area contributed by atoms with E-state index in [9.17, 15) is 17.4 Å². The number of aryl methyl sites for hydroxylation is 1. The van der Waals surface area contributed by atoms with Crippen LogP contribution in [0.2, 0.25) is 0 Å². The molecule has 1 fully saturated rings. The molecule has 1 aliphatic carbocycles. The molecular weight excluding hydrogens is 443 g/mol. The normalized spacial score (nSPS) is 16.6. The summed E-state index contributed by atoms with van der Waals surface area (Å²) in [6, 6.07) is 2.80. The minimum Gasteiger partial charge on any atom is -0.326 e. The monoisotopic (exact) mass is 463 g/mol. The van der Waals surface area contributed by atoms with Gasteiger partial charge in [0.25, 0.3) is 0 Å². The van der Waals surface area contributed by atoms with Crippen molar-refractivity contribution < 1.29 is 17.4 Å². The first-order valence-electron chi connectivity index (χ1n) is 10.1. The summed E-state index contributed by atoms with van der Waals surface area (Å²) in [5, 5.41) is 4.91. The molecule has 4 aromatic rings. The van der Waals surface area contributed by atoms with Crippen molar-refractivity contribution in [3.63, 3.8) is 0 Å². The highest BCUT2D eigenvalue weighted by Gasteiger charge is 2.34. The second-order valence-electron chi connectivity index (χ2n) is 7.72. The van der Waals surface area contributed by atoms with E-state index in [1.165, 1.54) is 7.05 Å². The van der Waals surface area contributed by atoms with E-state index in [1.807, 2.05) is 6.07 Å². The molecule has 0 radical (unpaired) electrons. The van der Waals surface area contributed by atoms with Gasteiger partial charge >= 0.3 is 6.18 Å². The van der Waals surface area contributed by atoms with Gasteiger partial charge in [-0.05, 0) is 25.0 Å². The SMILES string of the molecule is CCS(=O)(=NC)c1nn2c(C3CC3)ccnc2c1-c1nc2cc(C(F)(F)F)ncc2n1C. The van der Waals surface area contributed by atoms with Crippen LogP contribution < -0.4 is 0 Å². The minimum atomic E-state index is -4.58. The standard InChI is InChI=1S/C20H20F3N7OS/c1-4-32(31,24-2)19-16(17-25-8-7-13(11-5-6-11)30(17)28-19)18-27-12-9-15(20(21,22)23)26-10-14(12)29(18)3/h7-11H,4-6H2,1-3H3. The lowest BCUT2D eigenvalue weighted by Crippen LogP contribution is -2.07. The van der Waals surface area contributed by atoms with Gasteiger partial charge in [-0.25, -0.2) is 28.0 Å². The van der Waals surface area contributed by atoms with Crippen LogP contribution >= 0.6 is 0 Å². The molecule has 0 aromatic carbocycles. The van der Waals surface area contributed by atoms with E-state index in [-0.39, 0.29) is 16.3 Å². The number of rotatable bonds is 4. The van der Waals surface area contributed by atoms with E-state index in [2.05, 4.69) is 24.4 Å². The number of hydrogen-bond donors (Lipinski definition) is 0. The molecule has 0 N–H and O–H groups in total. The van der Waals surface area contributed by atoms with E-state index >= 15 is 0 Å². The van der Waals surface area contributed by atoms with Gasteiger partial charge in [-0.2, -0.15) is 18.3 Å². The van der Waals surface area contributed by atoms with Crippen LogP contribution in [0.15, 0.2) is 33.9 Å². The van der Waals surface area contributed by atoms with Gasteiger partial charge in [-0.1, -0.05) is 6.92 Å². The summed E-state index contributed by atoms with van der Waals surface area (Å²) in [6.07, 6.45) is 0.289. The smallest absolute Gasteiger partial charge is 0.326 e. The van der Waals surface area contributed by atoms with Gasteiger partial charge in [0.15, 0.2) is 10.7 Å². The Bertz CT molecular complexity index is 1490. The summed E-state index contributed by atoms with van der Waals surface area (Å²) in [5.74, 6) is 0.885. The van der Waals surface area contributed by atoms with Crippen molar-refractivity contribution in [2.45, 2.75) is 36.9 Å². The molecule has 1 saturated carbocycles. The van der Waals surface area contributed by atoms with Crippen molar-refractivity contribution in [1.29, 1.82) is 0 Å². The van der Waals surface area contributed by atoms with E-state index in [4.69, 9.17) is 0 Å². The minimum absolute atomic E-state index is 0.130. The average molecular weight is 463 g/mol. The van der Waals surface area contributed by atoms with Crippen LogP contribution in [0, 0.1) is 0 Å². The van der Waals surface area contributed by atoms with Crippen LogP contribution in [0.25, 0.3) is 28.1 Å². The molecule has 168 valence electrons. The fourth-order valence-electron chi connectivity index (χ4n) is 3.87. The van der Waals surface area contributed by atoms with E-state index < -0.39 is 21.6 Å². The Kier molecular flexibility index (Phi) is 4.56. The van der Waals surface area contributed by atoms with E-state index in [1.54, 1.807) is 29.3 Å². The first-order chi connectivity index (χ1) is 15.2. The number of aromatic nitrogens is 6. The van der Waals surface area contributed by atoms with Gasteiger partial charge < -0.3 is 4.57 Å². The fraction of sp³-hybridized carbons (Fsp3) is 0.400. The van der Waals surface area contributed by atoms with Gasteiger partial charge in [0.2, 0.25) is 0 Å². The second-order valence-corrected chi connectivity index (χ2v) is 10.3. The third-order valence-corrected chi connectivity index (χ3v) is 8.04.